The van der Waals surface area contributed by atoms with E-state index in [1.165, 1.54) is 11.1 Å². The summed E-state index contributed by atoms with van der Waals surface area (Å²) < 4.78 is 0. The van der Waals surface area contributed by atoms with Crippen LogP contribution in [0.15, 0.2) is 48.8 Å². The number of anilines is 1. The summed E-state index contributed by atoms with van der Waals surface area (Å²) in [5, 5.41) is 2.21. The summed E-state index contributed by atoms with van der Waals surface area (Å²) in [5.41, 5.74) is 7.28. The van der Waals surface area contributed by atoms with Crippen LogP contribution in [0.5, 0.6) is 0 Å². The molecular formula is C13H14ClN3. The third kappa shape index (κ3) is 2.57. The van der Waals surface area contributed by atoms with Crippen LogP contribution in [0.3, 0.4) is 0 Å². The SMILES string of the molecule is Cl.c1ccc2c(c1)CN(Nc1ccncc1)C2. The number of rotatable bonds is 2. The Hall–Kier alpha value is -1.58. The topological polar surface area (TPSA) is 28.2 Å². The highest BCUT2D eigenvalue weighted by molar-refractivity contribution is 5.85. The van der Waals surface area contributed by atoms with Crippen LogP contribution < -0.4 is 5.43 Å². The Morgan fingerprint density at radius 1 is 0.941 bits per heavy atom. The zero-order valence-electron chi connectivity index (χ0n) is 9.34. The van der Waals surface area contributed by atoms with Crippen LogP contribution in [0, 0.1) is 0 Å². The van der Waals surface area contributed by atoms with Crippen molar-refractivity contribution in [1.29, 1.82) is 0 Å². The summed E-state index contributed by atoms with van der Waals surface area (Å²) >= 11 is 0. The predicted octanol–water partition coefficient (Wildman–Crippen LogP) is 2.85. The van der Waals surface area contributed by atoms with Crippen molar-refractivity contribution in [3.63, 3.8) is 0 Å². The molecule has 1 aliphatic heterocycles. The molecule has 0 amide bonds. The van der Waals surface area contributed by atoms with Crippen molar-refractivity contribution in [2.24, 2.45) is 0 Å². The first-order valence-electron chi connectivity index (χ1n) is 5.40. The Morgan fingerprint density at radius 2 is 1.53 bits per heavy atom. The molecule has 1 aliphatic rings. The Balaban J connectivity index is 0.00000108. The minimum atomic E-state index is 0. The van der Waals surface area contributed by atoms with Crippen molar-refractivity contribution in [2.45, 2.75) is 13.1 Å². The van der Waals surface area contributed by atoms with E-state index in [4.69, 9.17) is 0 Å². The number of halogens is 1. The highest BCUT2D eigenvalue weighted by Gasteiger charge is 2.17. The minimum Gasteiger partial charge on any atom is -0.318 e. The zero-order chi connectivity index (χ0) is 10.8. The molecular weight excluding hydrogens is 234 g/mol. The fraction of sp³-hybridized carbons (Fsp3) is 0.154. The Labute approximate surface area is 107 Å². The van der Waals surface area contributed by atoms with Gasteiger partial charge in [0.05, 0.1) is 5.69 Å². The number of nitrogens with one attached hydrogen (secondary N) is 1. The molecule has 17 heavy (non-hydrogen) atoms. The number of fused-ring (bicyclic) bond motifs is 1. The molecule has 3 nitrogen and oxygen atoms in total. The van der Waals surface area contributed by atoms with E-state index in [2.05, 4.69) is 39.7 Å². The fourth-order valence-corrected chi connectivity index (χ4v) is 2.02. The summed E-state index contributed by atoms with van der Waals surface area (Å²) in [7, 11) is 0. The maximum absolute atomic E-state index is 4.00. The molecule has 4 heteroatoms. The van der Waals surface area contributed by atoms with Gasteiger partial charge in [0.15, 0.2) is 0 Å². The Morgan fingerprint density at radius 3 is 2.12 bits per heavy atom. The van der Waals surface area contributed by atoms with E-state index in [0.29, 0.717) is 0 Å². The van der Waals surface area contributed by atoms with Gasteiger partial charge in [0.25, 0.3) is 0 Å². The Kier molecular flexibility index (Phi) is 3.61. The normalized spacial score (nSPS) is 13.9. The van der Waals surface area contributed by atoms with E-state index < -0.39 is 0 Å². The first-order valence-corrected chi connectivity index (χ1v) is 5.40. The minimum absolute atomic E-state index is 0. The van der Waals surface area contributed by atoms with Crippen LogP contribution >= 0.6 is 12.4 Å². The van der Waals surface area contributed by atoms with E-state index in [1.807, 2.05) is 12.1 Å². The first kappa shape index (κ1) is 11.9. The van der Waals surface area contributed by atoms with Gasteiger partial charge in [-0.15, -0.1) is 12.4 Å². The van der Waals surface area contributed by atoms with Crippen molar-refractivity contribution in [3.05, 3.63) is 59.9 Å². The number of benzene rings is 1. The zero-order valence-corrected chi connectivity index (χ0v) is 10.2. The lowest BCUT2D eigenvalue weighted by Gasteiger charge is -2.17. The number of aromatic nitrogens is 1. The standard InChI is InChI=1S/C13H13N3.ClH/c1-2-4-12-10-16(9-11(12)3-1)15-13-5-7-14-8-6-13;/h1-8H,9-10H2,(H,14,15);1H. The van der Waals surface area contributed by atoms with E-state index in [9.17, 15) is 0 Å². The quantitative estimate of drug-likeness (QED) is 0.885. The average molecular weight is 248 g/mol. The molecule has 3 rings (SSSR count). The molecule has 2 heterocycles. The van der Waals surface area contributed by atoms with Gasteiger partial charge in [-0.25, -0.2) is 5.01 Å². The van der Waals surface area contributed by atoms with Crippen LogP contribution in [0.25, 0.3) is 0 Å². The highest BCUT2D eigenvalue weighted by atomic mass is 35.5. The summed E-state index contributed by atoms with van der Waals surface area (Å²) in [4.78, 5) is 4.00. The third-order valence-corrected chi connectivity index (χ3v) is 2.81. The molecule has 0 unspecified atom stereocenters. The lowest BCUT2D eigenvalue weighted by Crippen LogP contribution is -2.23. The van der Waals surface area contributed by atoms with Crippen molar-refractivity contribution >= 4 is 18.1 Å². The number of nitrogens with zero attached hydrogens (tertiary/aromatic N) is 2. The van der Waals surface area contributed by atoms with Gasteiger partial charge < -0.3 is 5.43 Å². The van der Waals surface area contributed by atoms with Gasteiger partial charge in [-0.1, -0.05) is 24.3 Å². The largest absolute Gasteiger partial charge is 0.318 e. The average Bonchev–Trinajstić information content (AvgIpc) is 2.72. The van der Waals surface area contributed by atoms with Gasteiger partial charge in [0.1, 0.15) is 0 Å². The molecule has 0 fully saturated rings. The fourth-order valence-electron chi connectivity index (χ4n) is 2.02. The number of hydrazine groups is 1. The van der Waals surface area contributed by atoms with Crippen LogP contribution in [0.2, 0.25) is 0 Å². The summed E-state index contributed by atoms with van der Waals surface area (Å²) in [6, 6.07) is 12.5. The second-order valence-electron chi connectivity index (χ2n) is 3.97. The molecule has 0 aliphatic carbocycles. The smallest absolute Gasteiger partial charge is 0.0520 e. The van der Waals surface area contributed by atoms with Gasteiger partial charge in [-0.3, -0.25) is 4.98 Å². The molecule has 1 aromatic heterocycles. The predicted molar refractivity (Wildman–Crippen MR) is 70.8 cm³/mol. The lowest BCUT2D eigenvalue weighted by atomic mass is 10.1. The number of hydrogen-bond donors (Lipinski definition) is 1. The van der Waals surface area contributed by atoms with Crippen LogP contribution in [0.1, 0.15) is 11.1 Å². The van der Waals surface area contributed by atoms with Gasteiger partial charge in [-0.05, 0) is 23.3 Å². The maximum atomic E-state index is 4.00. The maximum Gasteiger partial charge on any atom is 0.0520 e. The molecule has 0 radical (unpaired) electrons. The summed E-state index contributed by atoms with van der Waals surface area (Å²) in [6.45, 7) is 1.91. The van der Waals surface area contributed by atoms with Crippen LogP contribution in [0.4, 0.5) is 5.69 Å². The first-order chi connectivity index (χ1) is 7.92. The molecule has 0 atom stereocenters. The second-order valence-corrected chi connectivity index (χ2v) is 3.97. The van der Waals surface area contributed by atoms with Crippen molar-refractivity contribution in [3.8, 4) is 0 Å². The molecule has 0 spiro atoms. The molecule has 0 saturated carbocycles. The van der Waals surface area contributed by atoms with E-state index >= 15 is 0 Å². The summed E-state index contributed by atoms with van der Waals surface area (Å²) in [5.74, 6) is 0. The number of hydrogen-bond acceptors (Lipinski definition) is 3. The Bertz CT molecular complexity index is 462. The number of pyridine rings is 1. The molecule has 1 aromatic carbocycles. The third-order valence-electron chi connectivity index (χ3n) is 2.81. The van der Waals surface area contributed by atoms with Crippen LogP contribution in [-0.4, -0.2) is 9.99 Å². The summed E-state index contributed by atoms with van der Waals surface area (Å²) in [6.07, 6.45) is 3.59. The molecule has 88 valence electrons. The molecule has 0 saturated heterocycles. The van der Waals surface area contributed by atoms with E-state index in [-0.39, 0.29) is 12.4 Å². The lowest BCUT2D eigenvalue weighted by molar-refractivity contribution is 0.347. The van der Waals surface area contributed by atoms with Crippen molar-refractivity contribution < 1.29 is 0 Å². The molecule has 2 aromatic rings. The molecule has 0 bridgehead atoms. The van der Waals surface area contributed by atoms with E-state index in [0.717, 1.165) is 18.8 Å². The second kappa shape index (κ2) is 5.17. The van der Waals surface area contributed by atoms with Crippen LogP contribution in [-0.2, 0) is 13.1 Å². The highest BCUT2D eigenvalue weighted by Crippen LogP contribution is 2.22. The monoisotopic (exact) mass is 247 g/mol. The molecule has 1 N–H and O–H groups in total. The van der Waals surface area contributed by atoms with Gasteiger partial charge in [0.2, 0.25) is 0 Å². The van der Waals surface area contributed by atoms with Gasteiger partial charge in [0, 0.05) is 25.5 Å². The van der Waals surface area contributed by atoms with Gasteiger partial charge >= 0.3 is 0 Å². The van der Waals surface area contributed by atoms with Crippen molar-refractivity contribution in [1.82, 2.24) is 9.99 Å². The van der Waals surface area contributed by atoms with E-state index in [1.54, 1.807) is 12.4 Å². The van der Waals surface area contributed by atoms with Gasteiger partial charge in [-0.2, -0.15) is 0 Å². The van der Waals surface area contributed by atoms with Crippen molar-refractivity contribution in [2.75, 3.05) is 5.43 Å².